The third kappa shape index (κ3) is 5.01. The van der Waals surface area contributed by atoms with Crippen molar-refractivity contribution in [1.29, 1.82) is 0 Å². The molecule has 0 N–H and O–H groups in total. The van der Waals surface area contributed by atoms with E-state index in [1.807, 2.05) is 0 Å². The third-order valence-electron chi connectivity index (χ3n) is 6.24. The van der Waals surface area contributed by atoms with Crippen molar-refractivity contribution in [3.8, 4) is 0 Å². The molecule has 142 valence electrons. The van der Waals surface area contributed by atoms with E-state index >= 15 is 0 Å². The highest BCUT2D eigenvalue weighted by Crippen LogP contribution is 2.52. The van der Waals surface area contributed by atoms with Crippen molar-refractivity contribution in [2.24, 2.45) is 10.8 Å². The van der Waals surface area contributed by atoms with Crippen molar-refractivity contribution >= 4 is 12.4 Å². The maximum absolute atomic E-state index is 2.66. The van der Waals surface area contributed by atoms with Gasteiger partial charge in [0.1, 0.15) is 0 Å². The van der Waals surface area contributed by atoms with Crippen LogP contribution in [0.4, 0.5) is 0 Å². The first-order chi connectivity index (χ1) is 11.3. The summed E-state index contributed by atoms with van der Waals surface area (Å²) in [6, 6.07) is 9.41. The van der Waals surface area contributed by atoms with E-state index < -0.39 is 0 Å². The maximum atomic E-state index is 2.66. The molecule has 1 aliphatic heterocycles. The summed E-state index contributed by atoms with van der Waals surface area (Å²) in [5, 5.41) is 0. The lowest BCUT2D eigenvalue weighted by Crippen LogP contribution is -2.33. The van der Waals surface area contributed by atoms with Gasteiger partial charge in [-0.05, 0) is 79.0 Å². The first-order valence-corrected chi connectivity index (χ1v) is 10.1. The van der Waals surface area contributed by atoms with Gasteiger partial charge in [-0.2, -0.15) is 0 Å². The summed E-state index contributed by atoms with van der Waals surface area (Å²) in [5.41, 5.74) is 4.25. The van der Waals surface area contributed by atoms with Crippen LogP contribution in [0.5, 0.6) is 0 Å². The van der Waals surface area contributed by atoms with Gasteiger partial charge in [0, 0.05) is 6.54 Å². The Morgan fingerprint density at radius 2 is 1.52 bits per heavy atom. The van der Waals surface area contributed by atoms with Crippen molar-refractivity contribution in [1.82, 2.24) is 4.90 Å². The second-order valence-electron chi connectivity index (χ2n) is 10.0. The average molecular weight is 364 g/mol. The van der Waals surface area contributed by atoms with Gasteiger partial charge >= 0.3 is 0 Å². The molecule has 0 bridgehead atoms. The van der Waals surface area contributed by atoms with E-state index in [1.165, 1.54) is 51.7 Å². The topological polar surface area (TPSA) is 3.24 Å². The molecule has 1 heterocycles. The molecule has 3 rings (SSSR count). The summed E-state index contributed by atoms with van der Waals surface area (Å²) < 4.78 is 0. The number of likely N-dealkylation sites (tertiary alicyclic amines) is 1. The second kappa shape index (κ2) is 8.01. The van der Waals surface area contributed by atoms with Crippen molar-refractivity contribution < 1.29 is 0 Å². The molecule has 1 aromatic carbocycles. The Morgan fingerprint density at radius 1 is 0.960 bits per heavy atom. The van der Waals surface area contributed by atoms with Gasteiger partial charge in [0.05, 0.1) is 0 Å². The van der Waals surface area contributed by atoms with E-state index in [4.69, 9.17) is 0 Å². The van der Waals surface area contributed by atoms with Crippen molar-refractivity contribution in [3.05, 3.63) is 35.4 Å². The molecule has 1 nitrogen and oxygen atoms in total. The highest BCUT2D eigenvalue weighted by Gasteiger charge is 2.40. The lowest BCUT2D eigenvalue weighted by Gasteiger charge is -2.45. The predicted octanol–water partition coefficient (Wildman–Crippen LogP) is 6.63. The van der Waals surface area contributed by atoms with Gasteiger partial charge in [-0.25, -0.2) is 0 Å². The molecule has 1 atom stereocenters. The predicted molar refractivity (Wildman–Crippen MR) is 112 cm³/mol. The molecule has 2 fully saturated rings. The number of hydrogen-bond donors (Lipinski definition) is 0. The molecule has 1 aromatic rings. The Morgan fingerprint density at radius 3 is 2.08 bits per heavy atom. The molecule has 1 saturated carbocycles. The van der Waals surface area contributed by atoms with Crippen LogP contribution in [-0.4, -0.2) is 24.5 Å². The summed E-state index contributed by atoms with van der Waals surface area (Å²) in [6.45, 7) is 16.0. The zero-order valence-electron chi connectivity index (χ0n) is 17.0. The van der Waals surface area contributed by atoms with Gasteiger partial charge in [0.15, 0.2) is 0 Å². The van der Waals surface area contributed by atoms with E-state index in [9.17, 15) is 0 Å². The van der Waals surface area contributed by atoms with E-state index in [-0.39, 0.29) is 12.4 Å². The van der Waals surface area contributed by atoms with Gasteiger partial charge in [-0.1, -0.05) is 58.9 Å². The molecule has 0 spiro atoms. The minimum atomic E-state index is 0. The first kappa shape index (κ1) is 20.8. The van der Waals surface area contributed by atoms with Crippen LogP contribution in [-0.2, 0) is 0 Å². The monoisotopic (exact) mass is 363 g/mol. The molecule has 1 unspecified atom stereocenters. The molecule has 0 radical (unpaired) electrons. The maximum Gasteiger partial charge on any atom is 0.00508 e. The minimum Gasteiger partial charge on any atom is -0.303 e. The summed E-state index contributed by atoms with van der Waals surface area (Å²) in [4.78, 5) is 2.66. The van der Waals surface area contributed by atoms with Crippen molar-refractivity contribution in [3.63, 3.8) is 0 Å². The van der Waals surface area contributed by atoms with E-state index in [2.05, 4.69) is 63.8 Å². The summed E-state index contributed by atoms with van der Waals surface area (Å²) in [5.74, 6) is 1.49. The number of nitrogens with zero attached hydrogens (tertiary/aromatic N) is 1. The van der Waals surface area contributed by atoms with Crippen LogP contribution in [0.1, 0.15) is 89.7 Å². The zero-order valence-corrected chi connectivity index (χ0v) is 17.8. The number of halogens is 1. The van der Waals surface area contributed by atoms with Crippen molar-refractivity contribution in [2.75, 3.05) is 19.6 Å². The molecule has 25 heavy (non-hydrogen) atoms. The van der Waals surface area contributed by atoms with Crippen LogP contribution in [0.2, 0.25) is 0 Å². The van der Waals surface area contributed by atoms with Gasteiger partial charge < -0.3 is 4.90 Å². The standard InChI is InChI=1S/C23H37N.ClH/c1-6-12-24-13-11-18(16-24)20-9-7-8-10-21(20)19-14-22(2,3)17-23(4,5)15-19;/h7-10,18-19H,6,11-17H2,1-5H3;1H. The van der Waals surface area contributed by atoms with E-state index in [1.54, 1.807) is 11.1 Å². The van der Waals surface area contributed by atoms with Crippen LogP contribution >= 0.6 is 12.4 Å². The molecule has 1 aliphatic carbocycles. The molecule has 2 aliphatic rings. The number of hydrogen-bond acceptors (Lipinski definition) is 1. The van der Waals surface area contributed by atoms with Crippen LogP contribution in [0.25, 0.3) is 0 Å². The van der Waals surface area contributed by atoms with Crippen molar-refractivity contribution in [2.45, 2.75) is 78.6 Å². The fourth-order valence-corrected chi connectivity index (χ4v) is 5.93. The van der Waals surface area contributed by atoms with Crippen LogP contribution in [0.3, 0.4) is 0 Å². The number of benzene rings is 1. The molecule has 2 heteroatoms. The first-order valence-electron chi connectivity index (χ1n) is 10.1. The van der Waals surface area contributed by atoms with E-state index in [0.29, 0.717) is 10.8 Å². The van der Waals surface area contributed by atoms with Gasteiger partial charge in [-0.15, -0.1) is 12.4 Å². The Hall–Kier alpha value is -0.530. The lowest BCUT2D eigenvalue weighted by atomic mass is 9.59. The molecule has 1 saturated heterocycles. The van der Waals surface area contributed by atoms with Crippen LogP contribution in [0, 0.1) is 10.8 Å². The molecule has 0 aromatic heterocycles. The Kier molecular flexibility index (Phi) is 6.65. The summed E-state index contributed by atoms with van der Waals surface area (Å²) in [7, 11) is 0. The second-order valence-corrected chi connectivity index (χ2v) is 10.0. The minimum absolute atomic E-state index is 0. The fraction of sp³-hybridized carbons (Fsp3) is 0.739. The van der Waals surface area contributed by atoms with Gasteiger partial charge in [0.2, 0.25) is 0 Å². The summed E-state index contributed by atoms with van der Waals surface area (Å²) >= 11 is 0. The molecule has 0 amide bonds. The summed E-state index contributed by atoms with van der Waals surface area (Å²) in [6.07, 6.45) is 6.67. The third-order valence-corrected chi connectivity index (χ3v) is 6.24. The Bertz CT molecular complexity index is 547. The largest absolute Gasteiger partial charge is 0.303 e. The normalized spacial score (nSPS) is 26.4. The lowest BCUT2D eigenvalue weighted by molar-refractivity contribution is 0.0965. The quantitative estimate of drug-likeness (QED) is 0.580. The van der Waals surface area contributed by atoms with E-state index in [0.717, 1.165) is 11.8 Å². The average Bonchev–Trinajstić information content (AvgIpc) is 2.93. The molecular formula is C23H38ClN. The highest BCUT2D eigenvalue weighted by atomic mass is 35.5. The molecular weight excluding hydrogens is 326 g/mol. The Labute approximate surface area is 162 Å². The highest BCUT2D eigenvalue weighted by molar-refractivity contribution is 5.85. The SMILES string of the molecule is CCCN1CCC(c2ccccc2C2CC(C)(C)CC(C)(C)C2)C1.Cl. The fourth-order valence-electron chi connectivity index (χ4n) is 5.93. The van der Waals surface area contributed by atoms with Gasteiger partial charge in [-0.3, -0.25) is 0 Å². The van der Waals surface area contributed by atoms with Crippen LogP contribution in [0.15, 0.2) is 24.3 Å². The zero-order chi connectivity index (χ0) is 17.4. The smallest absolute Gasteiger partial charge is 0.00508 e. The van der Waals surface area contributed by atoms with Crippen LogP contribution < -0.4 is 0 Å². The number of rotatable bonds is 4. The van der Waals surface area contributed by atoms with Gasteiger partial charge in [0.25, 0.3) is 0 Å². The Balaban J connectivity index is 0.00000225.